The Bertz CT molecular complexity index is 393. The molecule has 0 amide bonds. The summed E-state index contributed by atoms with van der Waals surface area (Å²) in [5.74, 6) is 0. The fourth-order valence-electron chi connectivity index (χ4n) is 3.03. The Morgan fingerprint density at radius 2 is 1.71 bits per heavy atom. The lowest BCUT2D eigenvalue weighted by molar-refractivity contribution is 0.142. The van der Waals surface area contributed by atoms with E-state index in [1.54, 1.807) is 0 Å². The Balaban J connectivity index is 1.97. The lowest BCUT2D eigenvalue weighted by atomic mass is 10.0. The molecule has 0 aromatic heterocycles. The van der Waals surface area contributed by atoms with E-state index < -0.39 is 0 Å². The van der Waals surface area contributed by atoms with Crippen LogP contribution in [0.4, 0.5) is 0 Å². The molecule has 1 aliphatic heterocycles. The molecule has 0 aliphatic carbocycles. The van der Waals surface area contributed by atoms with Gasteiger partial charge in [-0.2, -0.15) is 0 Å². The lowest BCUT2D eigenvalue weighted by Crippen LogP contribution is -2.47. The first-order valence-corrected chi connectivity index (χ1v) is 8.46. The highest BCUT2D eigenvalue weighted by Crippen LogP contribution is 2.17. The molecule has 1 aromatic carbocycles. The van der Waals surface area contributed by atoms with Crippen molar-refractivity contribution in [1.82, 2.24) is 15.1 Å². The van der Waals surface area contributed by atoms with Crippen molar-refractivity contribution >= 4 is 0 Å². The van der Waals surface area contributed by atoms with Crippen LogP contribution in [-0.2, 0) is 6.42 Å². The minimum Gasteiger partial charge on any atom is -0.309 e. The standard InChI is InChI=1S/C18H31N3/c1-4-6-16-7-9-17(10-8-16)18(19-5-2)15-21-13-11-20(3)12-14-21/h7-10,18-19H,4-6,11-15H2,1-3H3. The minimum absolute atomic E-state index is 0.453. The molecule has 1 heterocycles. The van der Waals surface area contributed by atoms with E-state index in [0.29, 0.717) is 6.04 Å². The first-order valence-electron chi connectivity index (χ1n) is 8.46. The molecule has 1 unspecified atom stereocenters. The Hall–Kier alpha value is -0.900. The van der Waals surface area contributed by atoms with Crippen molar-refractivity contribution in [2.45, 2.75) is 32.7 Å². The van der Waals surface area contributed by atoms with Crippen LogP contribution in [0.15, 0.2) is 24.3 Å². The van der Waals surface area contributed by atoms with E-state index in [-0.39, 0.29) is 0 Å². The highest BCUT2D eigenvalue weighted by molar-refractivity contribution is 5.25. The van der Waals surface area contributed by atoms with Gasteiger partial charge in [0.25, 0.3) is 0 Å². The molecule has 1 atom stereocenters. The van der Waals surface area contributed by atoms with E-state index in [9.17, 15) is 0 Å². The van der Waals surface area contributed by atoms with Crippen LogP contribution in [0.5, 0.6) is 0 Å². The van der Waals surface area contributed by atoms with Gasteiger partial charge < -0.3 is 10.2 Å². The number of aryl methyl sites for hydroxylation is 1. The zero-order chi connectivity index (χ0) is 15.1. The molecule has 0 radical (unpaired) electrons. The summed E-state index contributed by atoms with van der Waals surface area (Å²) in [5, 5.41) is 3.65. The van der Waals surface area contributed by atoms with Gasteiger partial charge in [-0.15, -0.1) is 0 Å². The zero-order valence-corrected chi connectivity index (χ0v) is 13.9. The van der Waals surface area contributed by atoms with Crippen molar-refractivity contribution < 1.29 is 0 Å². The maximum absolute atomic E-state index is 3.65. The molecule has 3 heteroatoms. The second-order valence-electron chi connectivity index (χ2n) is 6.21. The van der Waals surface area contributed by atoms with Crippen LogP contribution in [0, 0.1) is 0 Å². The molecule has 2 rings (SSSR count). The molecule has 1 N–H and O–H groups in total. The number of hydrogen-bond donors (Lipinski definition) is 1. The molecule has 0 spiro atoms. The van der Waals surface area contributed by atoms with Crippen molar-refractivity contribution in [2.24, 2.45) is 0 Å². The monoisotopic (exact) mass is 289 g/mol. The largest absolute Gasteiger partial charge is 0.309 e. The van der Waals surface area contributed by atoms with Crippen LogP contribution >= 0.6 is 0 Å². The van der Waals surface area contributed by atoms with Gasteiger partial charge in [0.15, 0.2) is 0 Å². The summed E-state index contributed by atoms with van der Waals surface area (Å²) in [6, 6.07) is 9.68. The maximum Gasteiger partial charge on any atom is 0.0449 e. The quantitative estimate of drug-likeness (QED) is 0.832. The van der Waals surface area contributed by atoms with Crippen molar-refractivity contribution in [1.29, 1.82) is 0 Å². The van der Waals surface area contributed by atoms with Crippen molar-refractivity contribution in [3.05, 3.63) is 35.4 Å². The predicted molar refractivity (Wildman–Crippen MR) is 90.8 cm³/mol. The van der Waals surface area contributed by atoms with Crippen LogP contribution in [0.25, 0.3) is 0 Å². The van der Waals surface area contributed by atoms with E-state index in [4.69, 9.17) is 0 Å². The van der Waals surface area contributed by atoms with Gasteiger partial charge in [0, 0.05) is 38.8 Å². The zero-order valence-electron chi connectivity index (χ0n) is 13.9. The minimum atomic E-state index is 0.453. The highest BCUT2D eigenvalue weighted by Gasteiger charge is 2.18. The molecule has 0 bridgehead atoms. The van der Waals surface area contributed by atoms with E-state index in [0.717, 1.165) is 13.1 Å². The Kier molecular flexibility index (Phi) is 6.68. The highest BCUT2D eigenvalue weighted by atomic mass is 15.3. The molecule has 1 saturated heterocycles. The summed E-state index contributed by atoms with van der Waals surface area (Å²) in [6.07, 6.45) is 2.40. The number of piperazine rings is 1. The fourth-order valence-corrected chi connectivity index (χ4v) is 3.03. The number of nitrogens with one attached hydrogen (secondary N) is 1. The van der Waals surface area contributed by atoms with Gasteiger partial charge in [-0.05, 0) is 31.1 Å². The van der Waals surface area contributed by atoms with Crippen LogP contribution in [0.2, 0.25) is 0 Å². The van der Waals surface area contributed by atoms with Crippen LogP contribution in [-0.4, -0.2) is 56.1 Å². The molecule has 3 nitrogen and oxygen atoms in total. The number of hydrogen-bond acceptors (Lipinski definition) is 3. The smallest absolute Gasteiger partial charge is 0.0449 e. The lowest BCUT2D eigenvalue weighted by Gasteiger charge is -2.35. The van der Waals surface area contributed by atoms with Crippen molar-refractivity contribution in [2.75, 3.05) is 46.3 Å². The Morgan fingerprint density at radius 1 is 1.05 bits per heavy atom. The van der Waals surface area contributed by atoms with Gasteiger partial charge in [0.2, 0.25) is 0 Å². The third kappa shape index (κ3) is 5.10. The third-order valence-electron chi connectivity index (χ3n) is 4.41. The van der Waals surface area contributed by atoms with Gasteiger partial charge in [0.05, 0.1) is 0 Å². The Morgan fingerprint density at radius 3 is 2.29 bits per heavy atom. The maximum atomic E-state index is 3.65. The SMILES string of the molecule is CCCc1ccc(C(CN2CCN(C)CC2)NCC)cc1. The van der Waals surface area contributed by atoms with Crippen LogP contribution < -0.4 is 5.32 Å². The average molecular weight is 289 g/mol. The van der Waals surface area contributed by atoms with Gasteiger partial charge in [-0.25, -0.2) is 0 Å². The summed E-state index contributed by atoms with van der Waals surface area (Å²) in [6.45, 7) is 11.3. The van der Waals surface area contributed by atoms with E-state index in [1.807, 2.05) is 0 Å². The molecular weight excluding hydrogens is 258 g/mol. The normalized spacial score (nSPS) is 18.8. The van der Waals surface area contributed by atoms with Gasteiger partial charge in [-0.1, -0.05) is 44.5 Å². The Labute approximate surface area is 130 Å². The second-order valence-corrected chi connectivity index (χ2v) is 6.21. The molecule has 1 fully saturated rings. The van der Waals surface area contributed by atoms with E-state index in [2.05, 4.69) is 60.3 Å². The summed E-state index contributed by atoms with van der Waals surface area (Å²) in [4.78, 5) is 5.01. The molecular formula is C18H31N3. The number of likely N-dealkylation sites (N-methyl/N-ethyl adjacent to an activating group) is 2. The first-order chi connectivity index (χ1) is 10.2. The summed E-state index contributed by atoms with van der Waals surface area (Å²) >= 11 is 0. The van der Waals surface area contributed by atoms with Crippen LogP contribution in [0.3, 0.4) is 0 Å². The molecule has 118 valence electrons. The van der Waals surface area contributed by atoms with E-state index >= 15 is 0 Å². The van der Waals surface area contributed by atoms with Crippen molar-refractivity contribution in [3.8, 4) is 0 Å². The molecule has 0 saturated carbocycles. The summed E-state index contributed by atoms with van der Waals surface area (Å²) < 4.78 is 0. The summed E-state index contributed by atoms with van der Waals surface area (Å²) in [7, 11) is 2.21. The molecule has 1 aliphatic rings. The van der Waals surface area contributed by atoms with Gasteiger partial charge in [0.1, 0.15) is 0 Å². The number of nitrogens with zero attached hydrogens (tertiary/aromatic N) is 2. The number of rotatable bonds is 7. The number of benzene rings is 1. The van der Waals surface area contributed by atoms with E-state index in [1.165, 1.54) is 50.1 Å². The fraction of sp³-hybridized carbons (Fsp3) is 0.667. The molecule has 21 heavy (non-hydrogen) atoms. The average Bonchev–Trinajstić information content (AvgIpc) is 2.50. The summed E-state index contributed by atoms with van der Waals surface area (Å²) in [5.41, 5.74) is 2.88. The van der Waals surface area contributed by atoms with Gasteiger partial charge in [-0.3, -0.25) is 4.90 Å². The van der Waals surface area contributed by atoms with Crippen LogP contribution in [0.1, 0.15) is 37.4 Å². The predicted octanol–water partition coefficient (Wildman–Crippen LogP) is 2.54. The first kappa shape index (κ1) is 16.5. The third-order valence-corrected chi connectivity index (χ3v) is 4.41. The van der Waals surface area contributed by atoms with Gasteiger partial charge >= 0.3 is 0 Å². The second kappa shape index (κ2) is 8.52. The van der Waals surface area contributed by atoms with Crippen molar-refractivity contribution in [3.63, 3.8) is 0 Å². The topological polar surface area (TPSA) is 18.5 Å². The molecule has 1 aromatic rings.